The molecule has 24 heavy (non-hydrogen) atoms. The van der Waals surface area contributed by atoms with Gasteiger partial charge in [0.05, 0.1) is 4.90 Å². The summed E-state index contributed by atoms with van der Waals surface area (Å²) in [6.45, 7) is 6.29. The lowest BCUT2D eigenvalue weighted by Crippen LogP contribution is -2.23. The van der Waals surface area contributed by atoms with E-state index in [4.69, 9.17) is 11.6 Å². The summed E-state index contributed by atoms with van der Waals surface area (Å²) in [5, 5.41) is 3.06. The van der Waals surface area contributed by atoms with Crippen molar-refractivity contribution in [2.24, 2.45) is 0 Å². The van der Waals surface area contributed by atoms with E-state index in [1.165, 1.54) is 24.3 Å². The van der Waals surface area contributed by atoms with Crippen molar-refractivity contribution in [3.8, 4) is 0 Å². The topological polar surface area (TPSA) is 63.2 Å². The highest BCUT2D eigenvalue weighted by Crippen LogP contribution is 2.23. The SMILES string of the molecule is CC(C)(C)c1ccc(NC(=O)CS(=O)(=O)c2ccc(Cl)cc2)cc1. The minimum Gasteiger partial charge on any atom is -0.325 e. The molecule has 0 aliphatic carbocycles. The molecule has 2 rings (SSSR count). The van der Waals surface area contributed by atoms with E-state index in [1.807, 2.05) is 12.1 Å². The van der Waals surface area contributed by atoms with E-state index in [0.29, 0.717) is 10.7 Å². The summed E-state index contributed by atoms with van der Waals surface area (Å²) in [7, 11) is -3.70. The van der Waals surface area contributed by atoms with Crippen LogP contribution in [0.5, 0.6) is 0 Å². The number of carbonyl (C=O) groups is 1. The smallest absolute Gasteiger partial charge is 0.239 e. The molecule has 2 aromatic carbocycles. The Morgan fingerprint density at radius 1 is 1.00 bits per heavy atom. The Morgan fingerprint density at radius 3 is 2.04 bits per heavy atom. The van der Waals surface area contributed by atoms with E-state index >= 15 is 0 Å². The van der Waals surface area contributed by atoms with Gasteiger partial charge in [0.2, 0.25) is 5.91 Å². The van der Waals surface area contributed by atoms with Crippen LogP contribution in [-0.4, -0.2) is 20.1 Å². The van der Waals surface area contributed by atoms with Gasteiger partial charge < -0.3 is 5.32 Å². The zero-order valence-corrected chi connectivity index (χ0v) is 15.4. The minimum absolute atomic E-state index is 0.0143. The Balaban J connectivity index is 2.06. The molecule has 0 atom stereocenters. The van der Waals surface area contributed by atoms with Crippen molar-refractivity contribution in [3.63, 3.8) is 0 Å². The van der Waals surface area contributed by atoms with E-state index in [0.717, 1.165) is 5.56 Å². The molecule has 0 saturated heterocycles. The summed E-state index contributed by atoms with van der Waals surface area (Å²) < 4.78 is 24.5. The molecule has 0 fully saturated rings. The second-order valence-corrected chi connectivity index (χ2v) is 9.01. The lowest BCUT2D eigenvalue weighted by Gasteiger charge is -2.19. The average Bonchev–Trinajstić information content (AvgIpc) is 2.46. The van der Waals surface area contributed by atoms with E-state index in [9.17, 15) is 13.2 Å². The molecule has 0 radical (unpaired) electrons. The first-order valence-electron chi connectivity index (χ1n) is 7.47. The molecule has 4 nitrogen and oxygen atoms in total. The molecule has 6 heteroatoms. The summed E-state index contributed by atoms with van der Waals surface area (Å²) in [6, 6.07) is 13.1. The van der Waals surface area contributed by atoms with Crippen LogP contribution in [0.1, 0.15) is 26.3 Å². The first-order chi connectivity index (χ1) is 11.1. The molecule has 0 spiro atoms. The van der Waals surface area contributed by atoms with Crippen molar-refractivity contribution in [3.05, 3.63) is 59.1 Å². The van der Waals surface area contributed by atoms with Crippen molar-refractivity contribution < 1.29 is 13.2 Å². The molecule has 0 bridgehead atoms. The van der Waals surface area contributed by atoms with Crippen molar-refractivity contribution in [1.82, 2.24) is 0 Å². The van der Waals surface area contributed by atoms with Gasteiger partial charge in [0.1, 0.15) is 5.75 Å². The molecule has 2 aromatic rings. The monoisotopic (exact) mass is 365 g/mol. The van der Waals surface area contributed by atoms with Gasteiger partial charge in [0, 0.05) is 10.7 Å². The minimum atomic E-state index is -3.70. The highest BCUT2D eigenvalue weighted by atomic mass is 35.5. The van der Waals surface area contributed by atoms with Gasteiger partial charge in [-0.1, -0.05) is 44.5 Å². The maximum Gasteiger partial charge on any atom is 0.239 e. The van der Waals surface area contributed by atoms with E-state index < -0.39 is 21.5 Å². The quantitative estimate of drug-likeness (QED) is 0.888. The van der Waals surface area contributed by atoms with Crippen LogP contribution < -0.4 is 5.32 Å². The summed E-state index contributed by atoms with van der Waals surface area (Å²) in [6.07, 6.45) is 0. The Labute approximate surface area is 147 Å². The van der Waals surface area contributed by atoms with Gasteiger partial charge in [-0.3, -0.25) is 4.79 Å². The number of rotatable bonds is 4. The van der Waals surface area contributed by atoms with Crippen LogP contribution in [0.2, 0.25) is 5.02 Å². The van der Waals surface area contributed by atoms with Crippen LogP contribution in [0.25, 0.3) is 0 Å². The lowest BCUT2D eigenvalue weighted by atomic mass is 9.87. The zero-order valence-electron chi connectivity index (χ0n) is 13.8. The van der Waals surface area contributed by atoms with Crippen molar-refractivity contribution in [2.45, 2.75) is 31.1 Å². The average molecular weight is 366 g/mol. The van der Waals surface area contributed by atoms with Crippen molar-refractivity contribution in [1.29, 1.82) is 0 Å². The Hall–Kier alpha value is -1.85. The van der Waals surface area contributed by atoms with Crippen LogP contribution in [0, 0.1) is 0 Å². The highest BCUT2D eigenvalue weighted by molar-refractivity contribution is 7.92. The van der Waals surface area contributed by atoms with E-state index in [2.05, 4.69) is 26.1 Å². The number of halogens is 1. The summed E-state index contributed by atoms with van der Waals surface area (Å²) >= 11 is 5.75. The summed E-state index contributed by atoms with van der Waals surface area (Å²) in [5.41, 5.74) is 1.72. The predicted octanol–water partition coefficient (Wildman–Crippen LogP) is 4.05. The molecule has 0 aliphatic rings. The molecule has 0 aromatic heterocycles. The number of carbonyl (C=O) groups excluding carboxylic acids is 1. The maximum absolute atomic E-state index is 12.2. The molecule has 1 amide bonds. The largest absolute Gasteiger partial charge is 0.325 e. The van der Waals surface area contributed by atoms with Crippen LogP contribution in [0.4, 0.5) is 5.69 Å². The van der Waals surface area contributed by atoms with Gasteiger partial charge in [-0.2, -0.15) is 0 Å². The second kappa shape index (κ2) is 6.95. The van der Waals surface area contributed by atoms with Gasteiger partial charge in [0.15, 0.2) is 9.84 Å². The van der Waals surface area contributed by atoms with Crippen molar-refractivity contribution in [2.75, 3.05) is 11.1 Å². The fourth-order valence-corrected chi connectivity index (χ4v) is 3.41. The molecule has 128 valence electrons. The number of sulfone groups is 1. The summed E-state index contributed by atoms with van der Waals surface area (Å²) in [4.78, 5) is 12.1. The van der Waals surface area contributed by atoms with Gasteiger partial charge in [0.25, 0.3) is 0 Å². The van der Waals surface area contributed by atoms with E-state index in [1.54, 1.807) is 12.1 Å². The van der Waals surface area contributed by atoms with Gasteiger partial charge in [-0.05, 0) is 47.4 Å². The Bertz CT molecular complexity index is 820. The number of nitrogens with one attached hydrogen (secondary N) is 1. The third-order valence-corrected chi connectivity index (χ3v) is 5.41. The fraction of sp³-hybridized carbons (Fsp3) is 0.278. The standard InChI is InChI=1S/C18H20ClNO3S/c1-18(2,3)13-4-8-15(9-5-13)20-17(21)12-24(22,23)16-10-6-14(19)7-11-16/h4-11H,12H2,1-3H3,(H,20,21). The molecule has 1 N–H and O–H groups in total. The number of anilines is 1. The van der Waals surface area contributed by atoms with Gasteiger partial charge >= 0.3 is 0 Å². The number of hydrogen-bond acceptors (Lipinski definition) is 3. The second-order valence-electron chi connectivity index (χ2n) is 6.59. The molecule has 0 aliphatic heterocycles. The Morgan fingerprint density at radius 2 is 1.54 bits per heavy atom. The Kier molecular flexibility index (Phi) is 5.35. The van der Waals surface area contributed by atoms with Crippen LogP contribution in [0.3, 0.4) is 0 Å². The van der Waals surface area contributed by atoms with Gasteiger partial charge in [-0.25, -0.2) is 8.42 Å². The lowest BCUT2D eigenvalue weighted by molar-refractivity contribution is -0.113. The number of hydrogen-bond donors (Lipinski definition) is 1. The van der Waals surface area contributed by atoms with Crippen LogP contribution >= 0.6 is 11.6 Å². The van der Waals surface area contributed by atoms with Crippen LogP contribution in [-0.2, 0) is 20.0 Å². The first-order valence-corrected chi connectivity index (χ1v) is 9.50. The third-order valence-electron chi connectivity index (χ3n) is 3.53. The molecular weight excluding hydrogens is 346 g/mol. The van der Waals surface area contributed by atoms with Crippen molar-refractivity contribution >= 4 is 33.0 Å². The van der Waals surface area contributed by atoms with Crippen LogP contribution in [0.15, 0.2) is 53.4 Å². The summed E-state index contributed by atoms with van der Waals surface area (Å²) in [5.74, 6) is -1.19. The van der Waals surface area contributed by atoms with E-state index in [-0.39, 0.29) is 10.3 Å². The molecule has 0 unspecified atom stereocenters. The predicted molar refractivity (Wildman–Crippen MR) is 97.3 cm³/mol. The molecular formula is C18H20ClNO3S. The molecule has 0 saturated carbocycles. The molecule has 0 heterocycles. The first kappa shape index (κ1) is 18.5. The zero-order chi connectivity index (χ0) is 18.0. The number of benzene rings is 2. The third kappa shape index (κ3) is 4.82. The highest BCUT2D eigenvalue weighted by Gasteiger charge is 2.19. The number of amides is 1. The normalized spacial score (nSPS) is 12.0. The maximum atomic E-state index is 12.2. The van der Waals surface area contributed by atoms with Gasteiger partial charge in [-0.15, -0.1) is 0 Å². The fourth-order valence-electron chi connectivity index (χ4n) is 2.15.